The summed E-state index contributed by atoms with van der Waals surface area (Å²) in [5.74, 6) is -0.572. The molecule has 0 aliphatic carbocycles. The van der Waals surface area contributed by atoms with E-state index in [0.29, 0.717) is 12.3 Å². The van der Waals surface area contributed by atoms with Gasteiger partial charge >= 0.3 is 5.97 Å². The summed E-state index contributed by atoms with van der Waals surface area (Å²) in [6.45, 7) is 1.51. The van der Waals surface area contributed by atoms with Crippen molar-refractivity contribution in [3.8, 4) is 0 Å². The van der Waals surface area contributed by atoms with Crippen LogP contribution in [-0.4, -0.2) is 34.5 Å². The minimum Gasteiger partial charge on any atom is -0.476 e. The number of unbranched alkanes of at least 4 members (excludes halogenated alkanes) is 2. The van der Waals surface area contributed by atoms with Crippen LogP contribution in [0.3, 0.4) is 0 Å². The highest BCUT2D eigenvalue weighted by atomic mass is 16.5. The summed E-state index contributed by atoms with van der Waals surface area (Å²) in [5.41, 5.74) is -0.0721. The molecule has 0 aliphatic rings. The Balaban J connectivity index is 2.14. The minimum atomic E-state index is -1.09. The van der Waals surface area contributed by atoms with Gasteiger partial charge in [-0.1, -0.05) is 5.16 Å². The van der Waals surface area contributed by atoms with E-state index in [9.17, 15) is 4.79 Å². The van der Waals surface area contributed by atoms with Crippen LogP contribution in [0.5, 0.6) is 0 Å². The summed E-state index contributed by atoms with van der Waals surface area (Å²) >= 11 is 0. The molecule has 16 heavy (non-hydrogen) atoms. The molecule has 6 heteroatoms. The lowest BCUT2D eigenvalue weighted by atomic mass is 10.2. The molecule has 1 aromatic heterocycles. The van der Waals surface area contributed by atoms with Crippen LogP contribution in [0, 0.1) is 0 Å². The van der Waals surface area contributed by atoms with Crippen molar-refractivity contribution in [2.75, 3.05) is 13.2 Å². The lowest BCUT2D eigenvalue weighted by Gasteiger charge is -2.00. The number of carboxylic acids is 1. The van der Waals surface area contributed by atoms with Crippen LogP contribution in [0.4, 0.5) is 0 Å². The van der Waals surface area contributed by atoms with Crippen molar-refractivity contribution >= 4 is 5.97 Å². The van der Waals surface area contributed by atoms with E-state index >= 15 is 0 Å². The Morgan fingerprint density at radius 3 is 2.88 bits per heavy atom. The first-order chi connectivity index (χ1) is 7.74. The fraction of sp³-hybridized carbons (Fsp3) is 0.600. The standard InChI is InChI=1S/C10H16N2O4/c13-5-3-1-2-4-11-7-8-6-9(10(14)15)12-16-8/h6,11,13H,1-5,7H2,(H,14,15). The molecule has 0 atom stereocenters. The Kier molecular flexibility index (Phi) is 5.52. The van der Waals surface area contributed by atoms with Crippen LogP contribution in [0.1, 0.15) is 35.5 Å². The Morgan fingerprint density at radius 2 is 2.25 bits per heavy atom. The number of nitrogens with zero attached hydrogens (tertiary/aromatic N) is 1. The maximum absolute atomic E-state index is 10.5. The maximum atomic E-state index is 10.5. The topological polar surface area (TPSA) is 95.6 Å². The highest BCUT2D eigenvalue weighted by Gasteiger charge is 2.09. The molecule has 0 fully saturated rings. The van der Waals surface area contributed by atoms with E-state index in [4.69, 9.17) is 14.7 Å². The highest BCUT2D eigenvalue weighted by Crippen LogP contribution is 2.03. The molecule has 0 spiro atoms. The first-order valence-electron chi connectivity index (χ1n) is 5.24. The van der Waals surface area contributed by atoms with Gasteiger partial charge in [-0.3, -0.25) is 0 Å². The average Bonchev–Trinajstić information content (AvgIpc) is 2.72. The Bertz CT molecular complexity index is 324. The number of carboxylic acid groups (broad SMARTS) is 1. The summed E-state index contributed by atoms with van der Waals surface area (Å²) in [5, 5.41) is 23.7. The number of hydrogen-bond donors (Lipinski definition) is 3. The van der Waals surface area contributed by atoms with E-state index in [1.165, 1.54) is 6.07 Å². The van der Waals surface area contributed by atoms with Crippen molar-refractivity contribution in [1.29, 1.82) is 0 Å². The van der Waals surface area contributed by atoms with Gasteiger partial charge in [-0.15, -0.1) is 0 Å². The summed E-state index contributed by atoms with van der Waals surface area (Å²) in [4.78, 5) is 10.5. The molecule has 1 heterocycles. The van der Waals surface area contributed by atoms with Crippen molar-refractivity contribution in [3.63, 3.8) is 0 Å². The molecule has 0 amide bonds. The molecule has 0 unspecified atom stereocenters. The zero-order chi connectivity index (χ0) is 11.8. The zero-order valence-electron chi connectivity index (χ0n) is 8.98. The molecule has 0 saturated carbocycles. The van der Waals surface area contributed by atoms with Crippen LogP contribution < -0.4 is 5.32 Å². The van der Waals surface area contributed by atoms with Crippen LogP contribution in [0.25, 0.3) is 0 Å². The van der Waals surface area contributed by atoms with Crippen LogP contribution in [0.15, 0.2) is 10.6 Å². The fourth-order valence-electron chi connectivity index (χ4n) is 1.25. The number of aliphatic hydroxyl groups excluding tert-OH is 1. The van der Waals surface area contributed by atoms with E-state index in [2.05, 4.69) is 10.5 Å². The van der Waals surface area contributed by atoms with Crippen molar-refractivity contribution in [1.82, 2.24) is 10.5 Å². The van der Waals surface area contributed by atoms with E-state index in [1.54, 1.807) is 0 Å². The van der Waals surface area contributed by atoms with Gasteiger partial charge in [-0.05, 0) is 25.8 Å². The van der Waals surface area contributed by atoms with Crippen molar-refractivity contribution in [2.24, 2.45) is 0 Å². The van der Waals surface area contributed by atoms with E-state index in [-0.39, 0.29) is 12.3 Å². The van der Waals surface area contributed by atoms with Gasteiger partial charge < -0.3 is 20.1 Å². The number of aromatic carboxylic acids is 1. The van der Waals surface area contributed by atoms with Gasteiger partial charge in [0, 0.05) is 12.7 Å². The second kappa shape index (κ2) is 6.97. The molecule has 1 aromatic rings. The van der Waals surface area contributed by atoms with E-state index in [0.717, 1.165) is 25.8 Å². The molecule has 0 saturated heterocycles. The number of rotatable bonds is 8. The number of carbonyl (C=O) groups is 1. The third-order valence-electron chi connectivity index (χ3n) is 2.09. The van der Waals surface area contributed by atoms with Gasteiger partial charge in [0.1, 0.15) is 0 Å². The molecule has 3 N–H and O–H groups in total. The second-order valence-corrected chi connectivity index (χ2v) is 3.44. The smallest absolute Gasteiger partial charge is 0.358 e. The third kappa shape index (κ3) is 4.41. The molecular weight excluding hydrogens is 212 g/mol. The Labute approximate surface area is 93.3 Å². The fourth-order valence-corrected chi connectivity index (χ4v) is 1.25. The third-order valence-corrected chi connectivity index (χ3v) is 2.09. The summed E-state index contributed by atoms with van der Waals surface area (Å²) in [7, 11) is 0. The molecule has 0 bridgehead atoms. The predicted molar refractivity (Wildman–Crippen MR) is 56.1 cm³/mol. The summed E-state index contributed by atoms with van der Waals surface area (Å²) < 4.78 is 4.82. The normalized spacial score (nSPS) is 10.6. The monoisotopic (exact) mass is 228 g/mol. The summed E-state index contributed by atoms with van der Waals surface area (Å²) in [6, 6.07) is 1.41. The number of hydrogen-bond acceptors (Lipinski definition) is 5. The SMILES string of the molecule is O=C(O)c1cc(CNCCCCCO)on1. The van der Waals surface area contributed by atoms with E-state index in [1.807, 2.05) is 0 Å². The van der Waals surface area contributed by atoms with Crippen molar-refractivity contribution < 1.29 is 19.5 Å². The minimum absolute atomic E-state index is 0.0721. The molecule has 0 aromatic carbocycles. The largest absolute Gasteiger partial charge is 0.476 e. The number of aromatic nitrogens is 1. The number of nitrogens with one attached hydrogen (secondary N) is 1. The lowest BCUT2D eigenvalue weighted by Crippen LogP contribution is -2.14. The Hall–Kier alpha value is -1.40. The first kappa shape index (κ1) is 12.7. The van der Waals surface area contributed by atoms with Gasteiger partial charge in [-0.2, -0.15) is 0 Å². The second-order valence-electron chi connectivity index (χ2n) is 3.44. The van der Waals surface area contributed by atoms with Gasteiger partial charge in [0.15, 0.2) is 11.5 Å². The molecule has 0 radical (unpaired) electrons. The predicted octanol–water partition coefficient (Wildman–Crippen LogP) is 0.625. The van der Waals surface area contributed by atoms with E-state index < -0.39 is 5.97 Å². The van der Waals surface area contributed by atoms with Crippen molar-refractivity contribution in [2.45, 2.75) is 25.8 Å². The average molecular weight is 228 g/mol. The van der Waals surface area contributed by atoms with Crippen LogP contribution in [0.2, 0.25) is 0 Å². The summed E-state index contributed by atoms with van der Waals surface area (Å²) in [6.07, 6.45) is 2.76. The Morgan fingerprint density at radius 1 is 1.44 bits per heavy atom. The van der Waals surface area contributed by atoms with Gasteiger partial charge in [0.2, 0.25) is 0 Å². The molecule has 1 rings (SSSR count). The maximum Gasteiger partial charge on any atom is 0.358 e. The number of aliphatic hydroxyl groups is 1. The van der Waals surface area contributed by atoms with Gasteiger partial charge in [0.05, 0.1) is 6.54 Å². The van der Waals surface area contributed by atoms with Crippen LogP contribution in [-0.2, 0) is 6.54 Å². The van der Waals surface area contributed by atoms with Gasteiger partial charge in [-0.25, -0.2) is 4.79 Å². The molecular formula is C10H16N2O4. The first-order valence-corrected chi connectivity index (χ1v) is 5.24. The molecule has 90 valence electrons. The zero-order valence-corrected chi connectivity index (χ0v) is 8.98. The van der Waals surface area contributed by atoms with Crippen LogP contribution >= 0.6 is 0 Å². The molecule has 6 nitrogen and oxygen atoms in total. The lowest BCUT2D eigenvalue weighted by molar-refractivity contribution is 0.0685. The van der Waals surface area contributed by atoms with Crippen molar-refractivity contribution in [3.05, 3.63) is 17.5 Å². The van der Waals surface area contributed by atoms with Gasteiger partial charge in [0.25, 0.3) is 0 Å². The highest BCUT2D eigenvalue weighted by molar-refractivity contribution is 5.85. The molecule has 0 aliphatic heterocycles. The quantitative estimate of drug-likeness (QED) is 0.565.